The Labute approximate surface area is 116 Å². The molecule has 0 aliphatic heterocycles. The van der Waals surface area contributed by atoms with Crippen LogP contribution in [0.1, 0.15) is 35.7 Å². The van der Waals surface area contributed by atoms with Crippen LogP contribution in [-0.2, 0) is 0 Å². The Bertz CT molecular complexity index is 395. The molecule has 0 heterocycles. The van der Waals surface area contributed by atoms with Crippen LogP contribution in [0.5, 0.6) is 0 Å². The molecule has 0 aliphatic rings. The lowest BCUT2D eigenvalue weighted by Gasteiger charge is -2.16. The molecule has 1 N–H and O–H groups in total. The van der Waals surface area contributed by atoms with E-state index in [2.05, 4.69) is 21.2 Å². The van der Waals surface area contributed by atoms with Crippen molar-refractivity contribution in [2.45, 2.75) is 32.7 Å². The van der Waals surface area contributed by atoms with Crippen molar-refractivity contribution in [1.29, 1.82) is 0 Å². The van der Waals surface area contributed by atoms with Crippen LogP contribution >= 0.6 is 27.5 Å². The van der Waals surface area contributed by atoms with E-state index >= 15 is 0 Å². The van der Waals surface area contributed by atoms with Gasteiger partial charge >= 0.3 is 0 Å². The number of carbonyl (C=O) groups is 1. The third kappa shape index (κ3) is 4.00. The molecule has 0 bridgehead atoms. The van der Waals surface area contributed by atoms with E-state index in [0.29, 0.717) is 11.4 Å². The Morgan fingerprint density at radius 1 is 1.53 bits per heavy atom. The van der Waals surface area contributed by atoms with E-state index in [9.17, 15) is 4.79 Å². The minimum Gasteiger partial charge on any atom is -0.349 e. The molecule has 4 heteroatoms. The van der Waals surface area contributed by atoms with E-state index in [1.807, 2.05) is 32.0 Å². The Morgan fingerprint density at radius 2 is 2.24 bits per heavy atom. The number of hydrogen-bond acceptors (Lipinski definition) is 1. The maximum Gasteiger partial charge on any atom is 0.251 e. The Hall–Kier alpha value is -0.540. The Kier molecular flexibility index (Phi) is 6.00. The van der Waals surface area contributed by atoms with Crippen molar-refractivity contribution in [3.05, 3.63) is 33.8 Å². The number of amides is 1. The van der Waals surface area contributed by atoms with E-state index in [4.69, 9.17) is 11.6 Å². The second-order valence-corrected chi connectivity index (χ2v) is 5.20. The van der Waals surface area contributed by atoms with Crippen molar-refractivity contribution in [1.82, 2.24) is 5.32 Å². The highest BCUT2D eigenvalue weighted by Crippen LogP contribution is 2.19. The van der Waals surface area contributed by atoms with Crippen LogP contribution in [0.4, 0.5) is 0 Å². The Balaban J connectivity index is 2.79. The van der Waals surface area contributed by atoms with Crippen LogP contribution in [0.25, 0.3) is 0 Å². The van der Waals surface area contributed by atoms with Crippen molar-refractivity contribution < 1.29 is 4.79 Å². The van der Waals surface area contributed by atoms with Gasteiger partial charge in [-0.3, -0.25) is 4.79 Å². The van der Waals surface area contributed by atoms with Gasteiger partial charge in [0.2, 0.25) is 0 Å². The summed E-state index contributed by atoms with van der Waals surface area (Å²) in [5, 5.41) is 3.01. The summed E-state index contributed by atoms with van der Waals surface area (Å²) < 4.78 is 0.954. The lowest BCUT2D eigenvalue weighted by Crippen LogP contribution is -2.35. The van der Waals surface area contributed by atoms with Gasteiger partial charge < -0.3 is 5.32 Å². The molecular formula is C13H17BrClNO. The van der Waals surface area contributed by atoms with Crippen molar-refractivity contribution >= 4 is 33.4 Å². The molecule has 0 spiro atoms. The number of alkyl halides is 1. The van der Waals surface area contributed by atoms with Gasteiger partial charge in [0.25, 0.3) is 5.91 Å². The third-order valence-electron chi connectivity index (χ3n) is 2.80. The van der Waals surface area contributed by atoms with Crippen LogP contribution in [0.15, 0.2) is 22.7 Å². The third-order valence-corrected chi connectivity index (χ3v) is 3.88. The number of carbonyl (C=O) groups excluding carboxylic acids is 1. The van der Waals surface area contributed by atoms with E-state index in [1.54, 1.807) is 0 Å². The molecule has 0 fully saturated rings. The first-order valence-electron chi connectivity index (χ1n) is 5.72. The summed E-state index contributed by atoms with van der Waals surface area (Å²) in [5.74, 6) is 0.539. The van der Waals surface area contributed by atoms with Gasteiger partial charge in [-0.15, -0.1) is 11.6 Å². The summed E-state index contributed by atoms with van der Waals surface area (Å²) in [5.41, 5.74) is 1.68. The van der Waals surface area contributed by atoms with Gasteiger partial charge in [-0.25, -0.2) is 0 Å². The van der Waals surface area contributed by atoms with E-state index in [1.165, 1.54) is 0 Å². The van der Waals surface area contributed by atoms with Crippen LogP contribution in [0, 0.1) is 6.92 Å². The largest absolute Gasteiger partial charge is 0.349 e. The quantitative estimate of drug-likeness (QED) is 0.820. The molecule has 1 atom stereocenters. The first-order chi connectivity index (χ1) is 8.10. The molecule has 0 aromatic heterocycles. The van der Waals surface area contributed by atoms with Crippen LogP contribution < -0.4 is 5.32 Å². The second-order valence-electron chi connectivity index (χ2n) is 3.97. The van der Waals surface area contributed by atoms with Crippen LogP contribution in [0.3, 0.4) is 0 Å². The molecule has 2 nitrogen and oxygen atoms in total. The highest BCUT2D eigenvalue weighted by atomic mass is 79.9. The molecule has 1 amide bonds. The summed E-state index contributed by atoms with van der Waals surface area (Å²) in [4.78, 5) is 12.1. The Morgan fingerprint density at radius 3 is 2.82 bits per heavy atom. The zero-order valence-corrected chi connectivity index (χ0v) is 12.4. The zero-order chi connectivity index (χ0) is 12.8. The van der Waals surface area contributed by atoms with Gasteiger partial charge in [-0.1, -0.05) is 28.9 Å². The highest BCUT2D eigenvalue weighted by molar-refractivity contribution is 9.10. The maximum absolute atomic E-state index is 12.1. The summed E-state index contributed by atoms with van der Waals surface area (Å²) in [7, 11) is 0. The molecular weight excluding hydrogens is 302 g/mol. The minimum atomic E-state index is -0.0271. The molecule has 1 rings (SSSR count). The van der Waals surface area contributed by atoms with Crippen molar-refractivity contribution in [3.63, 3.8) is 0 Å². The summed E-state index contributed by atoms with van der Waals surface area (Å²) in [6, 6.07) is 5.79. The predicted octanol–water partition coefficient (Wildman–Crippen LogP) is 3.89. The molecule has 1 aromatic rings. The average molecular weight is 319 g/mol. The molecule has 1 unspecified atom stereocenters. The summed E-state index contributed by atoms with van der Waals surface area (Å²) in [6.45, 7) is 3.98. The number of nitrogens with one attached hydrogen (secondary N) is 1. The van der Waals surface area contributed by atoms with Gasteiger partial charge in [0.15, 0.2) is 0 Å². The zero-order valence-electron chi connectivity index (χ0n) is 10.1. The van der Waals surface area contributed by atoms with Gasteiger partial charge in [0.05, 0.1) is 0 Å². The molecule has 0 radical (unpaired) electrons. The van der Waals surface area contributed by atoms with E-state index in [-0.39, 0.29) is 11.9 Å². The predicted molar refractivity (Wildman–Crippen MR) is 75.8 cm³/mol. The van der Waals surface area contributed by atoms with Crippen molar-refractivity contribution in [3.8, 4) is 0 Å². The first-order valence-corrected chi connectivity index (χ1v) is 7.04. The number of rotatable bonds is 5. The second kappa shape index (κ2) is 7.02. The molecule has 0 saturated heterocycles. The smallest absolute Gasteiger partial charge is 0.251 e. The normalized spacial score (nSPS) is 12.2. The van der Waals surface area contributed by atoms with Crippen molar-refractivity contribution in [2.75, 3.05) is 5.88 Å². The lowest BCUT2D eigenvalue weighted by atomic mass is 10.1. The molecule has 17 heavy (non-hydrogen) atoms. The molecule has 94 valence electrons. The van der Waals surface area contributed by atoms with E-state index in [0.717, 1.165) is 22.9 Å². The standard InChI is InChI=1S/C13H17BrClNO/c1-3-10(7-8-15)16-13(17)11-5-4-6-12(14)9(11)2/h4-6,10H,3,7-8H2,1-2H3,(H,16,17). The molecule has 0 saturated carbocycles. The molecule has 1 aromatic carbocycles. The number of hydrogen-bond donors (Lipinski definition) is 1. The van der Waals surface area contributed by atoms with Crippen LogP contribution in [-0.4, -0.2) is 17.8 Å². The number of halogens is 2. The van der Waals surface area contributed by atoms with Gasteiger partial charge in [0.1, 0.15) is 0 Å². The van der Waals surface area contributed by atoms with Crippen LogP contribution in [0.2, 0.25) is 0 Å². The lowest BCUT2D eigenvalue weighted by molar-refractivity contribution is 0.0934. The first kappa shape index (κ1) is 14.5. The van der Waals surface area contributed by atoms with Gasteiger partial charge in [-0.05, 0) is 37.5 Å². The monoisotopic (exact) mass is 317 g/mol. The van der Waals surface area contributed by atoms with Crippen molar-refractivity contribution in [2.24, 2.45) is 0 Å². The summed E-state index contributed by atoms with van der Waals surface area (Å²) in [6.07, 6.45) is 1.70. The fraction of sp³-hybridized carbons (Fsp3) is 0.462. The SMILES string of the molecule is CCC(CCCl)NC(=O)c1cccc(Br)c1C. The molecule has 0 aliphatic carbocycles. The fourth-order valence-corrected chi connectivity index (χ4v) is 2.26. The highest BCUT2D eigenvalue weighted by Gasteiger charge is 2.14. The van der Waals surface area contributed by atoms with Gasteiger partial charge in [-0.2, -0.15) is 0 Å². The van der Waals surface area contributed by atoms with Gasteiger partial charge in [0, 0.05) is 22.0 Å². The fourth-order valence-electron chi connectivity index (χ4n) is 1.63. The topological polar surface area (TPSA) is 29.1 Å². The average Bonchev–Trinajstić information content (AvgIpc) is 2.31. The maximum atomic E-state index is 12.1. The van der Waals surface area contributed by atoms with E-state index < -0.39 is 0 Å². The summed E-state index contributed by atoms with van der Waals surface area (Å²) >= 11 is 9.13. The number of benzene rings is 1. The minimum absolute atomic E-state index is 0.0271.